The maximum absolute atomic E-state index is 12.6. The van der Waals surface area contributed by atoms with Crippen LogP contribution in [0.4, 0.5) is 0 Å². The molecule has 0 aromatic heterocycles. The van der Waals surface area contributed by atoms with Crippen LogP contribution in [0.2, 0.25) is 0 Å². The van der Waals surface area contributed by atoms with Crippen molar-refractivity contribution in [1.82, 2.24) is 5.32 Å². The Balaban J connectivity index is 1.71. The summed E-state index contributed by atoms with van der Waals surface area (Å²) in [5.41, 5.74) is 2.41. The molecular weight excluding hydrogens is 330 g/mol. The van der Waals surface area contributed by atoms with Gasteiger partial charge in [0.15, 0.2) is 11.5 Å². The van der Waals surface area contributed by atoms with Crippen LogP contribution in [0.15, 0.2) is 36.4 Å². The molecule has 1 amide bonds. The van der Waals surface area contributed by atoms with Crippen molar-refractivity contribution in [3.05, 3.63) is 53.1 Å². The van der Waals surface area contributed by atoms with Gasteiger partial charge in [-0.3, -0.25) is 4.79 Å². The summed E-state index contributed by atoms with van der Waals surface area (Å²) in [5, 5.41) is 3.10. The van der Waals surface area contributed by atoms with Crippen LogP contribution in [0.25, 0.3) is 0 Å². The van der Waals surface area contributed by atoms with Crippen molar-refractivity contribution < 1.29 is 19.0 Å². The van der Waals surface area contributed by atoms with Crippen molar-refractivity contribution in [2.24, 2.45) is 0 Å². The lowest BCUT2D eigenvalue weighted by Gasteiger charge is -2.29. The molecule has 0 saturated heterocycles. The predicted molar refractivity (Wildman–Crippen MR) is 100 cm³/mol. The van der Waals surface area contributed by atoms with Crippen molar-refractivity contribution in [1.29, 1.82) is 0 Å². The predicted octanol–water partition coefficient (Wildman–Crippen LogP) is 3.37. The molecule has 2 aromatic rings. The quantitative estimate of drug-likeness (QED) is 0.893. The van der Waals surface area contributed by atoms with Gasteiger partial charge < -0.3 is 19.5 Å². The minimum Gasteiger partial charge on any atom is -0.496 e. The highest BCUT2D eigenvalue weighted by Crippen LogP contribution is 2.34. The van der Waals surface area contributed by atoms with Crippen molar-refractivity contribution in [3.63, 3.8) is 0 Å². The molecule has 0 bridgehead atoms. The minimum absolute atomic E-state index is 0.0456. The normalized spacial score (nSPS) is 13.2. The smallest absolute Gasteiger partial charge is 0.225 e. The molecule has 26 heavy (non-hydrogen) atoms. The Morgan fingerprint density at radius 3 is 2.58 bits per heavy atom. The first kappa shape index (κ1) is 18.1. The van der Waals surface area contributed by atoms with Gasteiger partial charge >= 0.3 is 0 Å². The van der Waals surface area contributed by atoms with Gasteiger partial charge in [-0.05, 0) is 55.7 Å². The average molecular weight is 355 g/mol. The second-order valence-corrected chi connectivity index (χ2v) is 7.01. The molecule has 1 N–H and O–H groups in total. The summed E-state index contributed by atoms with van der Waals surface area (Å²) >= 11 is 0. The van der Waals surface area contributed by atoms with Gasteiger partial charge in [-0.2, -0.15) is 0 Å². The molecule has 5 heteroatoms. The average Bonchev–Trinajstić information content (AvgIpc) is 2.62. The number of nitrogens with one attached hydrogen (secondary N) is 1. The van der Waals surface area contributed by atoms with Crippen molar-refractivity contribution in [3.8, 4) is 17.2 Å². The highest BCUT2D eigenvalue weighted by Gasteiger charge is 2.25. The van der Waals surface area contributed by atoms with Crippen LogP contribution in [-0.4, -0.2) is 26.2 Å². The van der Waals surface area contributed by atoms with E-state index in [-0.39, 0.29) is 5.91 Å². The SMILES string of the molecule is COc1cc(CC(=O)NC(C)(C)c2ccc3c(c2)OCCO3)ccc1C. The van der Waals surface area contributed by atoms with Crippen LogP contribution < -0.4 is 19.5 Å². The zero-order valence-electron chi connectivity index (χ0n) is 15.7. The molecule has 1 aliphatic heterocycles. The van der Waals surface area contributed by atoms with E-state index in [1.54, 1.807) is 7.11 Å². The number of hydrogen-bond donors (Lipinski definition) is 1. The number of rotatable bonds is 5. The highest BCUT2D eigenvalue weighted by atomic mass is 16.6. The molecule has 0 aliphatic carbocycles. The van der Waals surface area contributed by atoms with Crippen LogP contribution in [0.5, 0.6) is 17.2 Å². The Labute approximate surface area is 154 Å². The van der Waals surface area contributed by atoms with E-state index in [0.717, 1.165) is 33.9 Å². The summed E-state index contributed by atoms with van der Waals surface area (Å²) in [6, 6.07) is 11.6. The third kappa shape index (κ3) is 3.93. The van der Waals surface area contributed by atoms with Gasteiger partial charge in [-0.25, -0.2) is 0 Å². The molecule has 5 nitrogen and oxygen atoms in total. The second kappa shape index (κ2) is 7.28. The van der Waals surface area contributed by atoms with Crippen LogP contribution in [0, 0.1) is 6.92 Å². The summed E-state index contributed by atoms with van der Waals surface area (Å²) in [5.74, 6) is 2.21. The molecule has 0 saturated carbocycles. The Kier molecular flexibility index (Phi) is 5.07. The van der Waals surface area contributed by atoms with Crippen LogP contribution >= 0.6 is 0 Å². The van der Waals surface area contributed by atoms with Crippen molar-refractivity contribution in [2.75, 3.05) is 20.3 Å². The standard InChI is InChI=1S/C21H25NO4/c1-14-5-6-15(11-18(14)24-4)12-20(23)22-21(2,3)16-7-8-17-19(13-16)26-10-9-25-17/h5-8,11,13H,9-10,12H2,1-4H3,(H,22,23). The van der Waals surface area contributed by atoms with Crippen LogP contribution in [0.3, 0.4) is 0 Å². The van der Waals surface area contributed by atoms with E-state index in [2.05, 4.69) is 5.32 Å². The first-order chi connectivity index (χ1) is 12.4. The Bertz CT molecular complexity index is 814. The summed E-state index contributed by atoms with van der Waals surface area (Å²) in [6.45, 7) is 7.04. The van der Waals surface area contributed by atoms with Gasteiger partial charge in [-0.15, -0.1) is 0 Å². The molecule has 3 rings (SSSR count). The highest BCUT2D eigenvalue weighted by molar-refractivity contribution is 5.79. The molecule has 0 atom stereocenters. The lowest BCUT2D eigenvalue weighted by atomic mass is 9.93. The van der Waals surface area contributed by atoms with E-state index in [1.807, 2.05) is 57.2 Å². The zero-order chi connectivity index (χ0) is 18.7. The molecule has 1 heterocycles. The van der Waals surface area contributed by atoms with E-state index >= 15 is 0 Å². The maximum atomic E-state index is 12.6. The van der Waals surface area contributed by atoms with Gasteiger partial charge in [0.2, 0.25) is 5.91 Å². The molecule has 0 spiro atoms. The maximum Gasteiger partial charge on any atom is 0.225 e. The third-order valence-corrected chi connectivity index (χ3v) is 4.55. The molecule has 138 valence electrons. The van der Waals surface area contributed by atoms with E-state index in [9.17, 15) is 4.79 Å². The molecule has 2 aromatic carbocycles. The number of hydrogen-bond acceptors (Lipinski definition) is 4. The Morgan fingerprint density at radius 1 is 1.12 bits per heavy atom. The first-order valence-corrected chi connectivity index (χ1v) is 8.74. The largest absolute Gasteiger partial charge is 0.496 e. The first-order valence-electron chi connectivity index (χ1n) is 8.74. The second-order valence-electron chi connectivity index (χ2n) is 7.01. The van der Waals surface area contributed by atoms with E-state index in [1.165, 1.54) is 0 Å². The monoisotopic (exact) mass is 355 g/mol. The number of amides is 1. The van der Waals surface area contributed by atoms with Crippen molar-refractivity contribution in [2.45, 2.75) is 32.7 Å². The third-order valence-electron chi connectivity index (χ3n) is 4.55. The molecule has 1 aliphatic rings. The van der Waals surface area contributed by atoms with Crippen LogP contribution in [-0.2, 0) is 16.8 Å². The van der Waals surface area contributed by atoms with E-state index in [4.69, 9.17) is 14.2 Å². The topological polar surface area (TPSA) is 56.8 Å². The molecular formula is C21H25NO4. The summed E-state index contributed by atoms with van der Waals surface area (Å²) < 4.78 is 16.5. The Morgan fingerprint density at radius 2 is 1.85 bits per heavy atom. The zero-order valence-corrected chi connectivity index (χ0v) is 15.7. The van der Waals surface area contributed by atoms with Crippen molar-refractivity contribution >= 4 is 5.91 Å². The van der Waals surface area contributed by atoms with Gasteiger partial charge in [-0.1, -0.05) is 18.2 Å². The fourth-order valence-corrected chi connectivity index (χ4v) is 3.06. The van der Waals surface area contributed by atoms with E-state index < -0.39 is 5.54 Å². The molecule has 0 fully saturated rings. The number of aryl methyl sites for hydroxylation is 1. The summed E-state index contributed by atoms with van der Waals surface area (Å²) in [7, 11) is 1.64. The molecule has 0 unspecified atom stereocenters. The number of benzene rings is 2. The van der Waals surface area contributed by atoms with E-state index in [0.29, 0.717) is 19.6 Å². The molecule has 0 radical (unpaired) electrons. The summed E-state index contributed by atoms with van der Waals surface area (Å²) in [6.07, 6.45) is 0.296. The fraction of sp³-hybridized carbons (Fsp3) is 0.381. The number of methoxy groups -OCH3 is 1. The van der Waals surface area contributed by atoms with Crippen LogP contribution in [0.1, 0.15) is 30.5 Å². The number of carbonyl (C=O) groups is 1. The van der Waals surface area contributed by atoms with Gasteiger partial charge in [0.05, 0.1) is 19.1 Å². The van der Waals surface area contributed by atoms with Gasteiger partial charge in [0.1, 0.15) is 19.0 Å². The van der Waals surface area contributed by atoms with Gasteiger partial charge in [0, 0.05) is 0 Å². The number of carbonyl (C=O) groups excluding carboxylic acids is 1. The Hall–Kier alpha value is -2.69. The van der Waals surface area contributed by atoms with Gasteiger partial charge in [0.25, 0.3) is 0 Å². The fourth-order valence-electron chi connectivity index (χ4n) is 3.06. The number of ether oxygens (including phenoxy) is 3. The lowest BCUT2D eigenvalue weighted by Crippen LogP contribution is -2.41. The summed E-state index contributed by atoms with van der Waals surface area (Å²) in [4.78, 5) is 12.6. The minimum atomic E-state index is -0.526. The lowest BCUT2D eigenvalue weighted by molar-refractivity contribution is -0.122. The number of fused-ring (bicyclic) bond motifs is 1.